The Morgan fingerprint density at radius 2 is 1.53 bits per heavy atom. The second-order valence-electron chi connectivity index (χ2n) is 6.04. The molecule has 0 unspecified atom stereocenters. The smallest absolute Gasteiger partial charge is 0.0349 e. The monoisotopic (exact) mass is 202 g/mol. The van der Waals surface area contributed by atoms with Crippen molar-refractivity contribution in [3.63, 3.8) is 0 Å². The van der Waals surface area contributed by atoms with Gasteiger partial charge in [0, 0.05) is 5.69 Å². The van der Waals surface area contributed by atoms with Crippen molar-refractivity contribution in [1.82, 2.24) is 0 Å². The number of benzene rings is 1. The van der Waals surface area contributed by atoms with Gasteiger partial charge in [-0.05, 0) is 46.9 Å². The fourth-order valence-electron chi connectivity index (χ4n) is 3.08. The Kier molecular flexibility index (Phi) is 1.95. The molecule has 0 spiro atoms. The first kappa shape index (κ1) is 10.5. The van der Waals surface area contributed by atoms with Gasteiger partial charge in [0.1, 0.15) is 0 Å². The summed E-state index contributed by atoms with van der Waals surface area (Å²) in [6.45, 7) is 13.2. The summed E-state index contributed by atoms with van der Waals surface area (Å²) in [6, 6.07) is 4.28. The van der Waals surface area contributed by atoms with Crippen LogP contribution in [0.2, 0.25) is 0 Å². The molecule has 2 rings (SSSR count). The zero-order chi connectivity index (χ0) is 11.4. The van der Waals surface area contributed by atoms with Gasteiger partial charge in [-0.15, -0.1) is 0 Å². The molecule has 1 aromatic carbocycles. The third-order valence-corrected chi connectivity index (χ3v) is 3.62. The van der Waals surface area contributed by atoms with Crippen molar-refractivity contribution in [3.8, 4) is 0 Å². The molecule has 1 aromatic rings. The lowest BCUT2D eigenvalue weighted by Gasteiger charge is -2.22. The van der Waals surface area contributed by atoms with Crippen molar-refractivity contribution in [2.75, 3.05) is 5.73 Å². The van der Waals surface area contributed by atoms with E-state index in [1.807, 2.05) is 0 Å². The first-order valence-electron chi connectivity index (χ1n) is 5.50. The van der Waals surface area contributed by atoms with E-state index < -0.39 is 0 Å². The molecule has 81 valence electrons. The van der Waals surface area contributed by atoms with Crippen LogP contribution in [0.25, 0.3) is 0 Å². The Hall–Kier alpha value is -0.980. The fraction of sp³-hybridized carbons (Fsp3) is 0.500. The molecule has 0 saturated carbocycles. The highest BCUT2D eigenvalue weighted by molar-refractivity contribution is 5.59. The average Bonchev–Trinajstić information content (AvgIpc) is 2.21. The molecule has 0 bridgehead atoms. The van der Waals surface area contributed by atoms with E-state index >= 15 is 0 Å². The van der Waals surface area contributed by atoms with Gasteiger partial charge in [0.25, 0.3) is 0 Å². The molecule has 1 aliphatic rings. The molecule has 1 nitrogen and oxygen atoms in total. The van der Waals surface area contributed by atoms with Crippen LogP contribution < -0.4 is 5.73 Å². The van der Waals surface area contributed by atoms with Gasteiger partial charge in [-0.1, -0.05) is 33.8 Å². The molecule has 1 aliphatic carbocycles. The van der Waals surface area contributed by atoms with Gasteiger partial charge in [-0.2, -0.15) is 0 Å². The number of fused-ring (bicyclic) bond motifs is 1. The number of hydrogen-bond acceptors (Lipinski definition) is 1. The Balaban J connectivity index is 2.71. The van der Waals surface area contributed by atoms with Gasteiger partial charge in [-0.3, -0.25) is 0 Å². The predicted octanol–water partition coefficient (Wildman–Crippen LogP) is 3.41. The molecule has 0 heterocycles. The predicted molar refractivity (Wildman–Crippen MR) is 66.0 cm³/mol. The minimum atomic E-state index is 0.237. The first-order valence-corrected chi connectivity index (χ1v) is 5.50. The maximum Gasteiger partial charge on any atom is 0.0349 e. The fourth-order valence-corrected chi connectivity index (χ4v) is 3.08. The van der Waals surface area contributed by atoms with Crippen molar-refractivity contribution >= 4 is 5.69 Å². The molecule has 0 aliphatic heterocycles. The molecule has 0 fully saturated rings. The summed E-state index contributed by atoms with van der Waals surface area (Å²) in [6.07, 6.45) is 1.18. The number of nitrogen functional groups attached to an aromatic ring is 1. The lowest BCUT2D eigenvalue weighted by atomic mass is 9.82. The SMILES string of the molecule is [CH2]c1cc2c(cc1N)C(C)(C)CC2(C)C. The molecular formula is C14H20N. The van der Waals surface area contributed by atoms with Crippen molar-refractivity contribution in [1.29, 1.82) is 0 Å². The van der Waals surface area contributed by atoms with E-state index in [4.69, 9.17) is 5.73 Å². The molecule has 0 saturated heterocycles. The van der Waals surface area contributed by atoms with Crippen LogP contribution in [0.15, 0.2) is 12.1 Å². The number of anilines is 1. The minimum Gasteiger partial charge on any atom is -0.398 e. The summed E-state index contributed by atoms with van der Waals surface area (Å²) in [5.74, 6) is 0. The standard InChI is InChI=1S/C14H20N/c1-9-6-10-11(7-12(9)15)14(4,5)8-13(10,2)3/h6-7H,1,8,15H2,2-5H3. The van der Waals surface area contributed by atoms with Gasteiger partial charge in [-0.25, -0.2) is 0 Å². The second kappa shape index (κ2) is 2.78. The van der Waals surface area contributed by atoms with E-state index in [-0.39, 0.29) is 10.8 Å². The van der Waals surface area contributed by atoms with Crippen LogP contribution in [0, 0.1) is 6.92 Å². The van der Waals surface area contributed by atoms with E-state index in [2.05, 4.69) is 46.8 Å². The zero-order valence-electron chi connectivity index (χ0n) is 10.1. The van der Waals surface area contributed by atoms with E-state index in [0.717, 1.165) is 11.3 Å². The number of hydrogen-bond donors (Lipinski definition) is 1. The minimum absolute atomic E-state index is 0.237. The van der Waals surface area contributed by atoms with Crippen molar-refractivity contribution in [3.05, 3.63) is 35.7 Å². The third-order valence-electron chi connectivity index (χ3n) is 3.62. The van der Waals surface area contributed by atoms with Gasteiger partial charge >= 0.3 is 0 Å². The van der Waals surface area contributed by atoms with E-state index in [0.29, 0.717) is 0 Å². The maximum atomic E-state index is 5.94. The lowest BCUT2D eigenvalue weighted by Crippen LogP contribution is -2.17. The normalized spacial score (nSPS) is 21.4. The van der Waals surface area contributed by atoms with E-state index in [1.165, 1.54) is 17.5 Å². The molecule has 0 aromatic heterocycles. The first-order chi connectivity index (χ1) is 6.74. The summed E-state index contributed by atoms with van der Waals surface area (Å²) in [5.41, 5.74) is 11.0. The van der Waals surface area contributed by atoms with Crippen LogP contribution in [0.4, 0.5) is 5.69 Å². The Labute approximate surface area is 92.7 Å². The van der Waals surface area contributed by atoms with Crippen LogP contribution in [-0.2, 0) is 10.8 Å². The van der Waals surface area contributed by atoms with Crippen molar-refractivity contribution in [2.45, 2.75) is 44.9 Å². The van der Waals surface area contributed by atoms with Crippen LogP contribution >= 0.6 is 0 Å². The molecule has 1 heteroatoms. The second-order valence-corrected chi connectivity index (χ2v) is 6.04. The molecule has 0 atom stereocenters. The summed E-state index contributed by atoms with van der Waals surface area (Å²) < 4.78 is 0. The molecule has 2 N–H and O–H groups in total. The lowest BCUT2D eigenvalue weighted by molar-refractivity contribution is 0.403. The van der Waals surface area contributed by atoms with Gasteiger partial charge in [0.15, 0.2) is 0 Å². The quantitative estimate of drug-likeness (QED) is 0.641. The zero-order valence-corrected chi connectivity index (χ0v) is 10.1. The molecule has 15 heavy (non-hydrogen) atoms. The highest BCUT2D eigenvalue weighted by Gasteiger charge is 2.41. The number of rotatable bonds is 0. The Morgan fingerprint density at radius 3 is 2.07 bits per heavy atom. The Bertz CT molecular complexity index is 375. The van der Waals surface area contributed by atoms with Crippen LogP contribution in [0.5, 0.6) is 0 Å². The largest absolute Gasteiger partial charge is 0.398 e. The summed E-state index contributed by atoms with van der Waals surface area (Å²) >= 11 is 0. The highest BCUT2D eigenvalue weighted by atomic mass is 14.6. The maximum absolute atomic E-state index is 5.94. The van der Waals surface area contributed by atoms with Gasteiger partial charge < -0.3 is 5.73 Å². The molecule has 0 amide bonds. The topological polar surface area (TPSA) is 26.0 Å². The number of nitrogens with two attached hydrogens (primary N) is 1. The summed E-state index contributed by atoms with van der Waals surface area (Å²) in [7, 11) is 0. The molecule has 1 radical (unpaired) electrons. The molecular weight excluding hydrogens is 182 g/mol. The van der Waals surface area contributed by atoms with Crippen molar-refractivity contribution in [2.24, 2.45) is 0 Å². The van der Waals surface area contributed by atoms with Gasteiger partial charge in [0.05, 0.1) is 0 Å². The average molecular weight is 202 g/mol. The summed E-state index contributed by atoms with van der Waals surface area (Å²) in [5, 5.41) is 0. The summed E-state index contributed by atoms with van der Waals surface area (Å²) in [4.78, 5) is 0. The highest BCUT2D eigenvalue weighted by Crippen LogP contribution is 2.50. The Morgan fingerprint density at radius 1 is 1.07 bits per heavy atom. The van der Waals surface area contributed by atoms with Crippen molar-refractivity contribution < 1.29 is 0 Å². The van der Waals surface area contributed by atoms with E-state index in [1.54, 1.807) is 0 Å². The van der Waals surface area contributed by atoms with Crippen LogP contribution in [0.3, 0.4) is 0 Å². The van der Waals surface area contributed by atoms with Crippen LogP contribution in [-0.4, -0.2) is 0 Å². The third kappa shape index (κ3) is 1.45. The van der Waals surface area contributed by atoms with Crippen LogP contribution in [0.1, 0.15) is 50.8 Å². The van der Waals surface area contributed by atoms with E-state index in [9.17, 15) is 0 Å². The van der Waals surface area contributed by atoms with Gasteiger partial charge in [0.2, 0.25) is 0 Å².